The highest BCUT2D eigenvalue weighted by molar-refractivity contribution is 6.30. The van der Waals surface area contributed by atoms with Gasteiger partial charge in [-0.3, -0.25) is 14.3 Å². The van der Waals surface area contributed by atoms with E-state index in [4.69, 9.17) is 21.1 Å². The van der Waals surface area contributed by atoms with Crippen LogP contribution in [0.4, 0.5) is 15.0 Å². The number of nitrogens with zero attached hydrogens (tertiary/aromatic N) is 5. The Kier molecular flexibility index (Phi) is 4.59. The quantitative estimate of drug-likeness (QED) is 0.428. The topological polar surface area (TPSA) is 102 Å². The van der Waals surface area contributed by atoms with Crippen molar-refractivity contribution >= 4 is 29.2 Å². The molecule has 34 heavy (non-hydrogen) atoms. The molecule has 9 nitrogen and oxygen atoms in total. The van der Waals surface area contributed by atoms with Gasteiger partial charge in [0, 0.05) is 34.1 Å². The molecule has 11 heteroatoms. The third-order valence-corrected chi connectivity index (χ3v) is 6.41. The van der Waals surface area contributed by atoms with Gasteiger partial charge in [0.2, 0.25) is 0 Å². The number of pyridine rings is 2. The van der Waals surface area contributed by atoms with Crippen LogP contribution < -0.4 is 14.4 Å². The Balaban J connectivity index is 1.62. The van der Waals surface area contributed by atoms with Crippen molar-refractivity contribution < 1.29 is 23.8 Å². The van der Waals surface area contributed by atoms with Gasteiger partial charge in [-0.1, -0.05) is 11.6 Å². The SMILES string of the molecule is Cc1ncc(Cl)cc1-c1cc2c(n3cnnc13)N(C(=O)O)Cc1c(F)ccc3c1[C@@H](CO3)CO2. The van der Waals surface area contributed by atoms with E-state index in [9.17, 15) is 14.3 Å². The van der Waals surface area contributed by atoms with Crippen LogP contribution in [-0.2, 0) is 6.54 Å². The molecule has 2 aliphatic rings. The van der Waals surface area contributed by atoms with Crippen LogP contribution in [0.2, 0.25) is 5.02 Å². The molecule has 0 aliphatic carbocycles. The van der Waals surface area contributed by atoms with Crippen LogP contribution in [0, 0.1) is 12.7 Å². The van der Waals surface area contributed by atoms with Gasteiger partial charge in [-0.25, -0.2) is 9.18 Å². The zero-order valence-corrected chi connectivity index (χ0v) is 18.6. The maximum Gasteiger partial charge on any atom is 0.413 e. The molecule has 6 rings (SSSR count). The Morgan fingerprint density at radius 1 is 1.21 bits per heavy atom. The monoisotopic (exact) mass is 481 g/mol. The lowest BCUT2D eigenvalue weighted by Crippen LogP contribution is -2.31. The number of halogens is 2. The van der Waals surface area contributed by atoms with Crippen molar-refractivity contribution in [3.8, 4) is 22.6 Å². The lowest BCUT2D eigenvalue weighted by molar-refractivity contribution is 0.200. The van der Waals surface area contributed by atoms with Gasteiger partial charge in [0.25, 0.3) is 0 Å². The van der Waals surface area contributed by atoms with E-state index < -0.39 is 11.9 Å². The fraction of sp³-hybridized carbons (Fsp3) is 0.217. The highest BCUT2D eigenvalue weighted by atomic mass is 35.5. The van der Waals surface area contributed by atoms with E-state index in [2.05, 4.69) is 15.2 Å². The fourth-order valence-corrected chi connectivity index (χ4v) is 4.80. The summed E-state index contributed by atoms with van der Waals surface area (Å²) in [5, 5.41) is 18.8. The number of ether oxygens (including phenoxy) is 2. The minimum Gasteiger partial charge on any atom is -0.493 e. The van der Waals surface area contributed by atoms with Crippen LogP contribution >= 0.6 is 11.6 Å². The average Bonchev–Trinajstić information content (AvgIpc) is 3.46. The number of carbonyl (C=O) groups is 1. The molecule has 1 amide bonds. The Bertz CT molecular complexity index is 1490. The summed E-state index contributed by atoms with van der Waals surface area (Å²) in [5.41, 5.74) is 3.32. The van der Waals surface area contributed by atoms with E-state index in [1.165, 1.54) is 16.8 Å². The number of aromatic nitrogens is 4. The summed E-state index contributed by atoms with van der Waals surface area (Å²) in [6.45, 7) is 2.09. The number of benzene rings is 1. The third kappa shape index (κ3) is 3.06. The second kappa shape index (κ2) is 7.56. The van der Waals surface area contributed by atoms with Crippen LogP contribution in [-0.4, -0.2) is 44.0 Å². The molecular formula is C23H17ClFN5O4. The molecule has 0 saturated heterocycles. The Hall–Kier alpha value is -3.92. The smallest absolute Gasteiger partial charge is 0.413 e. The summed E-state index contributed by atoms with van der Waals surface area (Å²) in [6, 6.07) is 6.32. The number of carboxylic acid groups (broad SMARTS) is 1. The highest BCUT2D eigenvalue weighted by Gasteiger charge is 2.35. The molecule has 0 bridgehead atoms. The number of hydrogen-bond donors (Lipinski definition) is 1. The Morgan fingerprint density at radius 3 is 2.79 bits per heavy atom. The molecule has 1 N–H and O–H groups in total. The van der Waals surface area contributed by atoms with Crippen molar-refractivity contribution in [3.05, 3.63) is 64.5 Å². The maximum atomic E-state index is 15.0. The summed E-state index contributed by atoms with van der Waals surface area (Å²) in [5.74, 6) is 0.253. The zero-order chi connectivity index (χ0) is 23.6. The molecule has 5 heterocycles. The van der Waals surface area contributed by atoms with Crippen LogP contribution in [0.3, 0.4) is 0 Å². The molecule has 0 spiro atoms. The predicted octanol–water partition coefficient (Wildman–Crippen LogP) is 4.45. The van der Waals surface area contributed by atoms with E-state index in [1.807, 2.05) is 6.92 Å². The van der Waals surface area contributed by atoms with Crippen molar-refractivity contribution in [2.75, 3.05) is 18.1 Å². The third-order valence-electron chi connectivity index (χ3n) is 6.21. The molecule has 3 aromatic heterocycles. The van der Waals surface area contributed by atoms with E-state index in [1.54, 1.807) is 24.4 Å². The Morgan fingerprint density at radius 2 is 2.00 bits per heavy atom. The van der Waals surface area contributed by atoms with Crippen molar-refractivity contribution in [1.29, 1.82) is 0 Å². The zero-order valence-electron chi connectivity index (χ0n) is 17.8. The number of anilines is 1. The summed E-state index contributed by atoms with van der Waals surface area (Å²) in [4.78, 5) is 17.8. The predicted molar refractivity (Wildman–Crippen MR) is 120 cm³/mol. The normalized spacial score (nSPS) is 16.7. The lowest BCUT2D eigenvalue weighted by Gasteiger charge is -2.24. The molecule has 1 aromatic carbocycles. The molecule has 0 unspecified atom stereocenters. The number of fused-ring (bicyclic) bond motifs is 3. The largest absolute Gasteiger partial charge is 0.493 e. The van der Waals surface area contributed by atoms with Gasteiger partial charge in [0.05, 0.1) is 30.7 Å². The van der Waals surface area contributed by atoms with Gasteiger partial charge in [0.1, 0.15) is 17.9 Å². The van der Waals surface area contributed by atoms with Crippen LogP contribution in [0.1, 0.15) is 22.7 Å². The molecular weight excluding hydrogens is 465 g/mol. The summed E-state index contributed by atoms with van der Waals surface area (Å²) >= 11 is 6.21. The highest BCUT2D eigenvalue weighted by Crippen LogP contribution is 2.44. The molecule has 0 fully saturated rings. The summed E-state index contributed by atoms with van der Waals surface area (Å²) in [6.07, 6.45) is 1.68. The number of rotatable bonds is 1. The van der Waals surface area contributed by atoms with Gasteiger partial charge < -0.3 is 14.6 Å². The van der Waals surface area contributed by atoms with Crippen molar-refractivity contribution in [3.63, 3.8) is 0 Å². The van der Waals surface area contributed by atoms with Crippen LogP contribution in [0.25, 0.3) is 16.8 Å². The van der Waals surface area contributed by atoms with E-state index in [0.29, 0.717) is 45.4 Å². The van der Waals surface area contributed by atoms with Crippen molar-refractivity contribution in [2.24, 2.45) is 0 Å². The summed E-state index contributed by atoms with van der Waals surface area (Å²) < 4.78 is 28.4. The fourth-order valence-electron chi connectivity index (χ4n) is 4.64. The standard InChI is InChI=1S/C23H17ClFN5O4/c1-11-14(4-13(24)6-26-11)15-5-19-22(30-10-27-28-21(15)30)29(23(31)32)7-16-17(25)2-3-18-20(16)12(8-33-18)9-34-19/h2-6,10,12H,7-9H2,1H3,(H,31,32)/t12-/m0/s1. The summed E-state index contributed by atoms with van der Waals surface area (Å²) in [7, 11) is 0. The average molecular weight is 482 g/mol. The molecule has 2 aliphatic heterocycles. The van der Waals surface area contributed by atoms with E-state index in [-0.39, 0.29) is 36.2 Å². The van der Waals surface area contributed by atoms with Gasteiger partial charge in [-0.05, 0) is 31.2 Å². The minimum atomic E-state index is -1.28. The first kappa shape index (κ1) is 20.7. The number of aryl methyl sites for hydroxylation is 1. The first-order valence-corrected chi connectivity index (χ1v) is 10.9. The second-order valence-corrected chi connectivity index (χ2v) is 8.62. The van der Waals surface area contributed by atoms with Crippen molar-refractivity contribution in [2.45, 2.75) is 19.4 Å². The Labute approximate surface area is 197 Å². The maximum absolute atomic E-state index is 15.0. The van der Waals surface area contributed by atoms with Gasteiger partial charge in [0.15, 0.2) is 17.2 Å². The van der Waals surface area contributed by atoms with Crippen LogP contribution in [0.15, 0.2) is 36.8 Å². The number of hydrogen-bond acceptors (Lipinski definition) is 6. The lowest BCUT2D eigenvalue weighted by atomic mass is 9.95. The van der Waals surface area contributed by atoms with Gasteiger partial charge >= 0.3 is 6.09 Å². The van der Waals surface area contributed by atoms with Gasteiger partial charge in [-0.2, -0.15) is 0 Å². The first-order chi connectivity index (χ1) is 16.4. The molecule has 1 atom stereocenters. The molecule has 4 aromatic rings. The minimum absolute atomic E-state index is 0.170. The molecule has 0 saturated carbocycles. The molecule has 172 valence electrons. The number of amides is 1. The van der Waals surface area contributed by atoms with Crippen LogP contribution in [0.5, 0.6) is 11.5 Å². The van der Waals surface area contributed by atoms with Crippen molar-refractivity contribution in [1.82, 2.24) is 19.6 Å². The van der Waals surface area contributed by atoms with E-state index >= 15 is 0 Å². The molecule has 0 radical (unpaired) electrons. The van der Waals surface area contributed by atoms with Gasteiger partial charge in [-0.15, -0.1) is 10.2 Å². The second-order valence-electron chi connectivity index (χ2n) is 8.18. The first-order valence-electron chi connectivity index (χ1n) is 10.5. The van der Waals surface area contributed by atoms with E-state index in [0.717, 1.165) is 4.90 Å².